The van der Waals surface area contributed by atoms with Gasteiger partial charge in [-0.1, -0.05) is 25.5 Å². The van der Waals surface area contributed by atoms with Crippen LogP contribution in [-0.2, 0) is 4.74 Å². The van der Waals surface area contributed by atoms with E-state index in [9.17, 15) is 5.11 Å². The van der Waals surface area contributed by atoms with Crippen molar-refractivity contribution in [3.8, 4) is 5.75 Å². The van der Waals surface area contributed by atoms with Crippen LogP contribution in [0, 0.1) is 0 Å². The lowest BCUT2D eigenvalue weighted by atomic mass is 10.1. The summed E-state index contributed by atoms with van der Waals surface area (Å²) < 4.78 is 5.21. The van der Waals surface area contributed by atoms with Crippen LogP contribution in [0.1, 0.15) is 38.3 Å². The molecular weight excluding hydrogens is 214 g/mol. The van der Waals surface area contributed by atoms with Gasteiger partial charge >= 0.3 is 0 Å². The fourth-order valence-electron chi connectivity index (χ4n) is 2.01. The Labute approximate surface area is 104 Å². The minimum Gasteiger partial charge on any atom is -0.508 e. The van der Waals surface area contributed by atoms with Crippen LogP contribution in [-0.4, -0.2) is 24.9 Å². The molecule has 1 aromatic carbocycles. The molecule has 0 aliphatic carbocycles. The number of nitrogens with one attached hydrogen (secondary N) is 1. The van der Waals surface area contributed by atoms with Gasteiger partial charge in [-0.3, -0.25) is 0 Å². The molecule has 0 aliphatic heterocycles. The largest absolute Gasteiger partial charge is 0.508 e. The maximum atomic E-state index is 9.45. The standard InChI is InChI=1S/C14H23NO2/c1-4-6-13(10-17-3)15-11(2)12-7-5-8-14(16)9-12/h5,7-9,11,13,15-16H,4,6,10H2,1-3H3. The van der Waals surface area contributed by atoms with Gasteiger partial charge in [0.15, 0.2) is 0 Å². The molecule has 0 amide bonds. The molecule has 0 bridgehead atoms. The average molecular weight is 237 g/mol. The molecule has 1 rings (SSSR count). The monoisotopic (exact) mass is 237 g/mol. The van der Waals surface area contributed by atoms with Gasteiger partial charge in [-0.15, -0.1) is 0 Å². The van der Waals surface area contributed by atoms with Gasteiger partial charge in [0.2, 0.25) is 0 Å². The van der Waals surface area contributed by atoms with E-state index in [0.717, 1.165) is 25.0 Å². The quantitative estimate of drug-likeness (QED) is 0.766. The van der Waals surface area contributed by atoms with E-state index in [0.29, 0.717) is 11.8 Å². The third-order valence-electron chi connectivity index (χ3n) is 2.86. The molecule has 96 valence electrons. The van der Waals surface area contributed by atoms with Gasteiger partial charge in [0.1, 0.15) is 5.75 Å². The summed E-state index contributed by atoms with van der Waals surface area (Å²) in [5.41, 5.74) is 1.10. The highest BCUT2D eigenvalue weighted by atomic mass is 16.5. The number of hydrogen-bond acceptors (Lipinski definition) is 3. The molecule has 3 nitrogen and oxygen atoms in total. The molecule has 0 saturated carbocycles. The second kappa shape index (κ2) is 7.30. The fraction of sp³-hybridized carbons (Fsp3) is 0.571. The zero-order chi connectivity index (χ0) is 12.7. The van der Waals surface area contributed by atoms with Crippen LogP contribution >= 0.6 is 0 Å². The Morgan fingerprint density at radius 2 is 2.18 bits per heavy atom. The molecule has 0 saturated heterocycles. The van der Waals surface area contributed by atoms with Crippen molar-refractivity contribution in [1.82, 2.24) is 5.32 Å². The van der Waals surface area contributed by atoms with Crippen LogP contribution in [0.3, 0.4) is 0 Å². The molecule has 0 radical (unpaired) electrons. The Morgan fingerprint density at radius 3 is 2.76 bits per heavy atom. The lowest BCUT2D eigenvalue weighted by molar-refractivity contribution is 0.157. The summed E-state index contributed by atoms with van der Waals surface area (Å²) in [4.78, 5) is 0. The van der Waals surface area contributed by atoms with E-state index in [1.54, 1.807) is 19.2 Å². The van der Waals surface area contributed by atoms with Crippen molar-refractivity contribution >= 4 is 0 Å². The third-order valence-corrected chi connectivity index (χ3v) is 2.86. The number of methoxy groups -OCH3 is 1. The summed E-state index contributed by atoms with van der Waals surface area (Å²) in [7, 11) is 1.73. The predicted molar refractivity (Wildman–Crippen MR) is 70.2 cm³/mol. The predicted octanol–water partition coefficient (Wildman–Crippen LogP) is 2.86. The number of hydrogen-bond donors (Lipinski definition) is 2. The van der Waals surface area contributed by atoms with Gasteiger partial charge < -0.3 is 15.2 Å². The van der Waals surface area contributed by atoms with E-state index in [1.807, 2.05) is 12.1 Å². The van der Waals surface area contributed by atoms with Crippen molar-refractivity contribution < 1.29 is 9.84 Å². The van der Waals surface area contributed by atoms with Gasteiger partial charge in [0.05, 0.1) is 6.61 Å². The molecule has 2 N–H and O–H groups in total. The van der Waals surface area contributed by atoms with Crippen LogP contribution in [0.4, 0.5) is 0 Å². The maximum absolute atomic E-state index is 9.45. The molecule has 2 atom stereocenters. The number of aromatic hydroxyl groups is 1. The van der Waals surface area contributed by atoms with E-state index >= 15 is 0 Å². The molecule has 1 aromatic rings. The summed E-state index contributed by atoms with van der Waals surface area (Å²) in [5.74, 6) is 0.315. The highest BCUT2D eigenvalue weighted by molar-refractivity contribution is 5.29. The number of phenols is 1. The van der Waals surface area contributed by atoms with Gasteiger partial charge in [0.25, 0.3) is 0 Å². The van der Waals surface area contributed by atoms with E-state index in [-0.39, 0.29) is 6.04 Å². The molecule has 0 spiro atoms. The summed E-state index contributed by atoms with van der Waals surface area (Å²) in [6.07, 6.45) is 2.23. The zero-order valence-electron chi connectivity index (χ0n) is 10.9. The second-order valence-corrected chi connectivity index (χ2v) is 4.42. The Kier molecular flexibility index (Phi) is 6.01. The normalized spacial score (nSPS) is 14.5. The Morgan fingerprint density at radius 1 is 1.41 bits per heavy atom. The van der Waals surface area contributed by atoms with Gasteiger partial charge in [-0.25, -0.2) is 0 Å². The molecule has 2 unspecified atom stereocenters. The Hall–Kier alpha value is -1.06. The molecule has 17 heavy (non-hydrogen) atoms. The summed E-state index contributed by atoms with van der Waals surface area (Å²) in [6.45, 7) is 4.99. The van der Waals surface area contributed by atoms with Crippen LogP contribution < -0.4 is 5.32 Å². The Bertz CT molecular complexity index is 322. The number of benzene rings is 1. The van der Waals surface area contributed by atoms with Crippen molar-refractivity contribution in [2.45, 2.75) is 38.8 Å². The molecular formula is C14H23NO2. The van der Waals surface area contributed by atoms with Crippen molar-refractivity contribution in [2.75, 3.05) is 13.7 Å². The van der Waals surface area contributed by atoms with Crippen molar-refractivity contribution in [3.63, 3.8) is 0 Å². The first-order valence-corrected chi connectivity index (χ1v) is 6.21. The topological polar surface area (TPSA) is 41.5 Å². The first-order chi connectivity index (χ1) is 8.17. The van der Waals surface area contributed by atoms with Gasteiger partial charge in [0, 0.05) is 19.2 Å². The molecule has 0 aromatic heterocycles. The van der Waals surface area contributed by atoms with Crippen LogP contribution in [0.5, 0.6) is 5.75 Å². The summed E-state index contributed by atoms with van der Waals surface area (Å²) in [5, 5.41) is 13.0. The van der Waals surface area contributed by atoms with Crippen LogP contribution in [0.2, 0.25) is 0 Å². The van der Waals surface area contributed by atoms with Crippen molar-refractivity contribution in [3.05, 3.63) is 29.8 Å². The molecule has 0 aliphatic rings. The number of phenolic OH excluding ortho intramolecular Hbond substituents is 1. The smallest absolute Gasteiger partial charge is 0.115 e. The van der Waals surface area contributed by atoms with Crippen molar-refractivity contribution in [2.24, 2.45) is 0 Å². The average Bonchev–Trinajstić information content (AvgIpc) is 2.29. The Balaban J connectivity index is 2.59. The lowest BCUT2D eigenvalue weighted by Gasteiger charge is -2.22. The summed E-state index contributed by atoms with van der Waals surface area (Å²) in [6, 6.07) is 7.96. The van der Waals surface area contributed by atoms with E-state index in [2.05, 4.69) is 19.2 Å². The molecule has 0 fully saturated rings. The number of rotatable bonds is 7. The highest BCUT2D eigenvalue weighted by Gasteiger charge is 2.12. The van der Waals surface area contributed by atoms with Gasteiger partial charge in [-0.05, 0) is 31.0 Å². The van der Waals surface area contributed by atoms with E-state index in [4.69, 9.17) is 4.74 Å². The molecule has 0 heterocycles. The minimum absolute atomic E-state index is 0.216. The SMILES string of the molecule is CCCC(COC)NC(C)c1cccc(O)c1. The highest BCUT2D eigenvalue weighted by Crippen LogP contribution is 2.18. The lowest BCUT2D eigenvalue weighted by Crippen LogP contribution is -2.35. The van der Waals surface area contributed by atoms with E-state index < -0.39 is 0 Å². The zero-order valence-corrected chi connectivity index (χ0v) is 10.9. The van der Waals surface area contributed by atoms with Crippen molar-refractivity contribution in [1.29, 1.82) is 0 Å². The number of ether oxygens (including phenoxy) is 1. The minimum atomic E-state index is 0.216. The second-order valence-electron chi connectivity index (χ2n) is 4.42. The van der Waals surface area contributed by atoms with Gasteiger partial charge in [-0.2, -0.15) is 0 Å². The first-order valence-electron chi connectivity index (χ1n) is 6.21. The molecule has 3 heteroatoms. The fourth-order valence-corrected chi connectivity index (χ4v) is 2.01. The maximum Gasteiger partial charge on any atom is 0.115 e. The third kappa shape index (κ3) is 4.75. The van der Waals surface area contributed by atoms with Crippen LogP contribution in [0.15, 0.2) is 24.3 Å². The van der Waals surface area contributed by atoms with Crippen LogP contribution in [0.25, 0.3) is 0 Å². The van der Waals surface area contributed by atoms with E-state index in [1.165, 1.54) is 0 Å². The summed E-state index contributed by atoms with van der Waals surface area (Å²) >= 11 is 0. The first kappa shape index (κ1) is 14.0.